The molecule has 2 rings (SSSR count). The SMILES string of the molecule is C(=Cc1cccs1)c1ncc[nH]1. The predicted octanol–water partition coefficient (Wildman–Crippen LogP) is 2.64. The number of aromatic nitrogens is 2. The van der Waals surface area contributed by atoms with Crippen LogP contribution >= 0.6 is 11.3 Å². The van der Waals surface area contributed by atoms with Crippen molar-refractivity contribution >= 4 is 23.5 Å². The average Bonchev–Trinajstić information content (AvgIpc) is 2.74. The smallest absolute Gasteiger partial charge is 0.129 e. The molecule has 0 saturated heterocycles. The number of H-pyrrole nitrogens is 1. The summed E-state index contributed by atoms with van der Waals surface area (Å²) in [5.74, 6) is 0.892. The first-order valence-corrected chi connectivity index (χ1v) is 4.54. The van der Waals surface area contributed by atoms with Crippen LogP contribution in [-0.2, 0) is 0 Å². The van der Waals surface area contributed by atoms with Gasteiger partial charge in [-0.2, -0.15) is 0 Å². The molecule has 0 aliphatic rings. The summed E-state index contributed by atoms with van der Waals surface area (Å²) >= 11 is 1.72. The Labute approximate surface area is 74.6 Å². The predicted molar refractivity (Wildman–Crippen MR) is 51.8 cm³/mol. The van der Waals surface area contributed by atoms with Gasteiger partial charge in [0, 0.05) is 17.3 Å². The quantitative estimate of drug-likeness (QED) is 0.748. The van der Waals surface area contributed by atoms with Crippen LogP contribution in [0, 0.1) is 0 Å². The van der Waals surface area contributed by atoms with E-state index in [1.54, 1.807) is 17.5 Å². The summed E-state index contributed by atoms with van der Waals surface area (Å²) in [6, 6.07) is 4.11. The minimum Gasteiger partial charge on any atom is -0.345 e. The van der Waals surface area contributed by atoms with Crippen LogP contribution in [0.1, 0.15) is 10.7 Å². The Morgan fingerprint density at radius 2 is 2.42 bits per heavy atom. The fourth-order valence-corrected chi connectivity index (χ4v) is 1.53. The van der Waals surface area contributed by atoms with E-state index in [0.717, 1.165) is 5.82 Å². The second kappa shape index (κ2) is 3.36. The number of rotatable bonds is 2. The Hall–Kier alpha value is -1.35. The first kappa shape index (κ1) is 7.31. The molecule has 0 fully saturated rings. The van der Waals surface area contributed by atoms with Gasteiger partial charge in [0.1, 0.15) is 5.82 Å². The molecule has 3 heteroatoms. The third-order valence-corrected chi connectivity index (χ3v) is 2.31. The molecule has 2 aromatic rings. The lowest BCUT2D eigenvalue weighted by atomic mass is 10.4. The Bertz CT molecular complexity index is 310. The van der Waals surface area contributed by atoms with E-state index in [4.69, 9.17) is 0 Å². The van der Waals surface area contributed by atoms with Crippen LogP contribution in [0.25, 0.3) is 12.2 Å². The van der Waals surface area contributed by atoms with E-state index in [1.807, 2.05) is 24.4 Å². The minimum absolute atomic E-state index is 0.892. The molecule has 2 heterocycles. The lowest BCUT2D eigenvalue weighted by molar-refractivity contribution is 1.27. The summed E-state index contributed by atoms with van der Waals surface area (Å²) in [7, 11) is 0. The van der Waals surface area contributed by atoms with Gasteiger partial charge in [-0.1, -0.05) is 6.07 Å². The van der Waals surface area contributed by atoms with Crippen molar-refractivity contribution in [2.24, 2.45) is 0 Å². The van der Waals surface area contributed by atoms with Crippen molar-refractivity contribution < 1.29 is 0 Å². The highest BCUT2D eigenvalue weighted by Crippen LogP contribution is 2.11. The molecular formula is C9H8N2S. The fraction of sp³-hybridized carbons (Fsp3) is 0. The van der Waals surface area contributed by atoms with E-state index in [-0.39, 0.29) is 0 Å². The highest BCUT2D eigenvalue weighted by atomic mass is 32.1. The van der Waals surface area contributed by atoms with Crippen molar-refractivity contribution in [1.29, 1.82) is 0 Å². The molecule has 0 saturated carbocycles. The summed E-state index contributed by atoms with van der Waals surface area (Å²) in [4.78, 5) is 8.33. The number of hydrogen-bond acceptors (Lipinski definition) is 2. The van der Waals surface area contributed by atoms with Gasteiger partial charge in [-0.25, -0.2) is 4.98 Å². The Morgan fingerprint density at radius 3 is 3.08 bits per heavy atom. The van der Waals surface area contributed by atoms with Gasteiger partial charge < -0.3 is 4.98 Å². The standard InChI is InChI=1S/C9H8N2S/c1-2-8(12-7-1)3-4-9-10-5-6-11-9/h1-7H,(H,10,11). The number of hydrogen-bond donors (Lipinski definition) is 1. The molecule has 0 unspecified atom stereocenters. The first-order valence-electron chi connectivity index (χ1n) is 3.66. The zero-order valence-electron chi connectivity index (χ0n) is 6.40. The number of imidazole rings is 1. The molecule has 0 bridgehead atoms. The largest absolute Gasteiger partial charge is 0.345 e. The third kappa shape index (κ3) is 1.62. The summed E-state index contributed by atoms with van der Waals surface area (Å²) in [5.41, 5.74) is 0. The van der Waals surface area contributed by atoms with Gasteiger partial charge in [0.05, 0.1) is 0 Å². The third-order valence-electron chi connectivity index (χ3n) is 1.47. The highest BCUT2D eigenvalue weighted by molar-refractivity contribution is 7.10. The van der Waals surface area contributed by atoms with E-state index >= 15 is 0 Å². The van der Waals surface area contributed by atoms with Crippen molar-refractivity contribution in [3.8, 4) is 0 Å². The number of nitrogens with zero attached hydrogens (tertiary/aromatic N) is 1. The molecule has 0 aromatic carbocycles. The molecule has 0 aliphatic carbocycles. The molecule has 2 aromatic heterocycles. The summed E-state index contributed by atoms with van der Waals surface area (Å²) in [5, 5.41) is 2.06. The Balaban J connectivity index is 2.14. The van der Waals surface area contributed by atoms with E-state index in [0.29, 0.717) is 0 Å². The number of nitrogens with one attached hydrogen (secondary N) is 1. The number of thiophene rings is 1. The molecule has 12 heavy (non-hydrogen) atoms. The van der Waals surface area contributed by atoms with E-state index in [9.17, 15) is 0 Å². The van der Waals surface area contributed by atoms with Gasteiger partial charge in [0.25, 0.3) is 0 Å². The maximum atomic E-state index is 4.08. The van der Waals surface area contributed by atoms with E-state index in [2.05, 4.69) is 21.4 Å². The maximum absolute atomic E-state index is 4.08. The van der Waals surface area contributed by atoms with Gasteiger partial charge >= 0.3 is 0 Å². The average molecular weight is 176 g/mol. The van der Waals surface area contributed by atoms with Crippen LogP contribution in [0.15, 0.2) is 29.9 Å². The van der Waals surface area contributed by atoms with Gasteiger partial charge in [-0.3, -0.25) is 0 Å². The van der Waals surface area contributed by atoms with Gasteiger partial charge in [-0.05, 0) is 23.6 Å². The lowest BCUT2D eigenvalue weighted by Gasteiger charge is -1.82. The van der Waals surface area contributed by atoms with Gasteiger partial charge in [0.2, 0.25) is 0 Å². The summed E-state index contributed by atoms with van der Waals surface area (Å²) in [6.07, 6.45) is 7.57. The van der Waals surface area contributed by atoms with Crippen molar-refractivity contribution in [1.82, 2.24) is 9.97 Å². The van der Waals surface area contributed by atoms with Crippen LogP contribution < -0.4 is 0 Å². The zero-order valence-corrected chi connectivity index (χ0v) is 7.21. The van der Waals surface area contributed by atoms with Crippen LogP contribution in [0.3, 0.4) is 0 Å². The topological polar surface area (TPSA) is 28.7 Å². The van der Waals surface area contributed by atoms with Crippen LogP contribution in [0.5, 0.6) is 0 Å². The molecule has 0 amide bonds. The van der Waals surface area contributed by atoms with Crippen LogP contribution in [0.4, 0.5) is 0 Å². The molecule has 0 spiro atoms. The second-order valence-electron chi connectivity index (χ2n) is 2.32. The summed E-state index contributed by atoms with van der Waals surface area (Å²) < 4.78 is 0. The van der Waals surface area contributed by atoms with Crippen molar-refractivity contribution in [2.75, 3.05) is 0 Å². The second-order valence-corrected chi connectivity index (χ2v) is 3.30. The Morgan fingerprint density at radius 1 is 1.42 bits per heavy atom. The fourth-order valence-electron chi connectivity index (χ4n) is 0.916. The van der Waals surface area contributed by atoms with Gasteiger partial charge in [-0.15, -0.1) is 11.3 Å². The minimum atomic E-state index is 0.892. The van der Waals surface area contributed by atoms with E-state index in [1.165, 1.54) is 4.88 Å². The summed E-state index contributed by atoms with van der Waals surface area (Å²) in [6.45, 7) is 0. The first-order chi connectivity index (χ1) is 5.95. The molecule has 2 nitrogen and oxygen atoms in total. The molecule has 0 aliphatic heterocycles. The lowest BCUT2D eigenvalue weighted by Crippen LogP contribution is -1.71. The Kier molecular flexibility index (Phi) is 2.05. The normalized spacial score (nSPS) is 11.0. The van der Waals surface area contributed by atoms with Crippen molar-refractivity contribution in [2.45, 2.75) is 0 Å². The maximum Gasteiger partial charge on any atom is 0.129 e. The van der Waals surface area contributed by atoms with E-state index < -0.39 is 0 Å². The zero-order chi connectivity index (χ0) is 8.23. The monoisotopic (exact) mass is 176 g/mol. The molecular weight excluding hydrogens is 168 g/mol. The van der Waals surface area contributed by atoms with Crippen molar-refractivity contribution in [3.05, 3.63) is 40.6 Å². The van der Waals surface area contributed by atoms with Crippen molar-refractivity contribution in [3.63, 3.8) is 0 Å². The van der Waals surface area contributed by atoms with Crippen LogP contribution in [0.2, 0.25) is 0 Å². The highest BCUT2D eigenvalue weighted by Gasteiger charge is 1.87. The molecule has 1 N–H and O–H groups in total. The van der Waals surface area contributed by atoms with Gasteiger partial charge in [0.15, 0.2) is 0 Å². The molecule has 0 radical (unpaired) electrons. The van der Waals surface area contributed by atoms with Crippen LogP contribution in [-0.4, -0.2) is 9.97 Å². The molecule has 0 atom stereocenters. The number of aromatic amines is 1. The molecule has 60 valence electrons.